The second kappa shape index (κ2) is 7.04. The summed E-state index contributed by atoms with van der Waals surface area (Å²) in [6.45, 7) is 1.06. The zero-order valence-corrected chi connectivity index (χ0v) is 14.0. The minimum atomic E-state index is 0.818. The quantitative estimate of drug-likeness (QED) is 0.725. The van der Waals surface area contributed by atoms with Crippen molar-refractivity contribution >= 4 is 16.9 Å². The Morgan fingerprint density at radius 1 is 1.08 bits per heavy atom. The number of H-pyrrole nitrogens is 1. The van der Waals surface area contributed by atoms with Gasteiger partial charge in [0.1, 0.15) is 11.5 Å². The van der Waals surface area contributed by atoms with Crippen LogP contribution >= 0.6 is 0 Å². The first kappa shape index (κ1) is 15.2. The summed E-state index contributed by atoms with van der Waals surface area (Å²) < 4.78 is 0. The van der Waals surface area contributed by atoms with E-state index >= 15 is 0 Å². The zero-order chi connectivity index (χ0) is 16.2. The molecule has 0 radical (unpaired) electrons. The van der Waals surface area contributed by atoms with Crippen LogP contribution in [0.3, 0.4) is 0 Å². The molecule has 0 aliphatic heterocycles. The number of anilines is 1. The molecule has 1 aliphatic carbocycles. The average Bonchev–Trinajstić information content (AvgIpc) is 3.05. The van der Waals surface area contributed by atoms with Crippen molar-refractivity contribution < 1.29 is 0 Å². The van der Waals surface area contributed by atoms with Gasteiger partial charge in [-0.05, 0) is 48.1 Å². The molecule has 0 bridgehead atoms. The molecular formula is C20H24N4. The van der Waals surface area contributed by atoms with Crippen LogP contribution < -0.4 is 5.32 Å². The highest BCUT2D eigenvalue weighted by Crippen LogP contribution is 2.24. The number of nitrogens with one attached hydrogen (secondary N) is 2. The predicted octanol–water partition coefficient (Wildman–Crippen LogP) is 4.54. The first-order valence-electron chi connectivity index (χ1n) is 8.98. The summed E-state index contributed by atoms with van der Waals surface area (Å²) in [4.78, 5) is 12.2. The van der Waals surface area contributed by atoms with E-state index in [1.807, 2.05) is 24.7 Å². The first-order valence-corrected chi connectivity index (χ1v) is 8.98. The monoisotopic (exact) mass is 320 g/mol. The normalized spacial score (nSPS) is 15.7. The van der Waals surface area contributed by atoms with Crippen LogP contribution in [0.4, 0.5) is 5.82 Å². The van der Waals surface area contributed by atoms with Gasteiger partial charge in [0.25, 0.3) is 0 Å². The average molecular weight is 320 g/mol. The second-order valence-electron chi connectivity index (χ2n) is 6.83. The van der Waals surface area contributed by atoms with Crippen molar-refractivity contribution in [1.82, 2.24) is 15.0 Å². The SMILES string of the molecule is c1cnc2[nH]cc(Cc3ccc(NCC4CCCCC4)nc3)c2c1. The van der Waals surface area contributed by atoms with Gasteiger partial charge in [-0.1, -0.05) is 25.3 Å². The number of nitrogens with zero attached hydrogens (tertiary/aromatic N) is 2. The van der Waals surface area contributed by atoms with Crippen LogP contribution in [0.25, 0.3) is 11.0 Å². The highest BCUT2D eigenvalue weighted by molar-refractivity contribution is 5.79. The van der Waals surface area contributed by atoms with Gasteiger partial charge in [0, 0.05) is 36.9 Å². The van der Waals surface area contributed by atoms with Crippen molar-refractivity contribution in [2.75, 3.05) is 11.9 Å². The van der Waals surface area contributed by atoms with Gasteiger partial charge < -0.3 is 10.3 Å². The fourth-order valence-corrected chi connectivity index (χ4v) is 3.65. The molecule has 2 N–H and O–H groups in total. The summed E-state index contributed by atoms with van der Waals surface area (Å²) in [7, 11) is 0. The van der Waals surface area contributed by atoms with Crippen molar-refractivity contribution in [3.8, 4) is 0 Å². The summed E-state index contributed by atoms with van der Waals surface area (Å²) in [5.74, 6) is 1.81. The lowest BCUT2D eigenvalue weighted by molar-refractivity contribution is 0.373. The summed E-state index contributed by atoms with van der Waals surface area (Å²) in [6, 6.07) is 8.37. The summed E-state index contributed by atoms with van der Waals surface area (Å²) in [5, 5.41) is 4.69. The number of pyridine rings is 2. The summed E-state index contributed by atoms with van der Waals surface area (Å²) >= 11 is 0. The van der Waals surface area contributed by atoms with Gasteiger partial charge in [-0.2, -0.15) is 0 Å². The Hall–Kier alpha value is -2.36. The maximum absolute atomic E-state index is 4.59. The molecule has 4 nitrogen and oxygen atoms in total. The number of fused-ring (bicyclic) bond motifs is 1. The van der Waals surface area contributed by atoms with E-state index in [2.05, 4.69) is 38.5 Å². The molecule has 124 valence electrons. The second-order valence-corrected chi connectivity index (χ2v) is 6.83. The smallest absolute Gasteiger partial charge is 0.137 e. The van der Waals surface area contributed by atoms with Gasteiger partial charge in [-0.15, -0.1) is 0 Å². The minimum absolute atomic E-state index is 0.818. The number of aromatic amines is 1. The topological polar surface area (TPSA) is 53.6 Å². The molecule has 1 saturated carbocycles. The lowest BCUT2D eigenvalue weighted by Gasteiger charge is -2.21. The Balaban J connectivity index is 1.38. The van der Waals surface area contributed by atoms with Gasteiger partial charge in [-0.3, -0.25) is 0 Å². The molecule has 3 aromatic heterocycles. The number of hydrogen-bond acceptors (Lipinski definition) is 3. The highest BCUT2D eigenvalue weighted by Gasteiger charge is 2.13. The lowest BCUT2D eigenvalue weighted by Crippen LogP contribution is -2.17. The van der Waals surface area contributed by atoms with Crippen molar-refractivity contribution in [3.63, 3.8) is 0 Å². The van der Waals surface area contributed by atoms with Crippen LogP contribution in [0.1, 0.15) is 43.2 Å². The summed E-state index contributed by atoms with van der Waals surface area (Å²) in [5.41, 5.74) is 3.44. The van der Waals surface area contributed by atoms with E-state index in [0.29, 0.717) is 0 Å². The maximum Gasteiger partial charge on any atom is 0.137 e. The van der Waals surface area contributed by atoms with Gasteiger partial charge in [-0.25, -0.2) is 9.97 Å². The van der Waals surface area contributed by atoms with Crippen LogP contribution in [-0.2, 0) is 6.42 Å². The Morgan fingerprint density at radius 3 is 2.83 bits per heavy atom. The van der Waals surface area contributed by atoms with E-state index in [-0.39, 0.29) is 0 Å². The Bertz CT molecular complexity index is 785. The van der Waals surface area contributed by atoms with Gasteiger partial charge in [0.15, 0.2) is 0 Å². The molecule has 0 saturated heterocycles. The van der Waals surface area contributed by atoms with Crippen LogP contribution in [0, 0.1) is 5.92 Å². The Labute approximate surface area is 142 Å². The van der Waals surface area contributed by atoms with Crippen LogP contribution in [0.2, 0.25) is 0 Å². The minimum Gasteiger partial charge on any atom is -0.370 e. The molecule has 0 aromatic carbocycles. The van der Waals surface area contributed by atoms with Crippen molar-refractivity contribution in [2.24, 2.45) is 5.92 Å². The fourth-order valence-electron chi connectivity index (χ4n) is 3.65. The van der Waals surface area contributed by atoms with Crippen LogP contribution in [-0.4, -0.2) is 21.5 Å². The van der Waals surface area contributed by atoms with Crippen LogP contribution in [0.15, 0.2) is 42.9 Å². The van der Waals surface area contributed by atoms with Crippen LogP contribution in [0.5, 0.6) is 0 Å². The van der Waals surface area contributed by atoms with Gasteiger partial charge in [0.2, 0.25) is 0 Å². The molecule has 4 heteroatoms. The molecule has 0 unspecified atom stereocenters. The molecule has 24 heavy (non-hydrogen) atoms. The van der Waals surface area contributed by atoms with E-state index in [1.54, 1.807) is 0 Å². The molecule has 1 aliphatic rings. The predicted molar refractivity (Wildman–Crippen MR) is 98.2 cm³/mol. The van der Waals surface area contributed by atoms with Gasteiger partial charge >= 0.3 is 0 Å². The van der Waals surface area contributed by atoms with Gasteiger partial charge in [0.05, 0.1) is 0 Å². The maximum atomic E-state index is 4.59. The largest absolute Gasteiger partial charge is 0.370 e. The highest BCUT2D eigenvalue weighted by atomic mass is 15.0. The number of hydrogen-bond donors (Lipinski definition) is 2. The molecule has 3 aromatic rings. The van der Waals surface area contributed by atoms with E-state index in [4.69, 9.17) is 0 Å². The number of aromatic nitrogens is 3. The molecule has 0 spiro atoms. The first-order chi connectivity index (χ1) is 11.9. The van der Waals surface area contributed by atoms with E-state index < -0.39 is 0 Å². The van der Waals surface area contributed by atoms with E-state index in [0.717, 1.165) is 30.3 Å². The Morgan fingerprint density at radius 2 is 2.00 bits per heavy atom. The third kappa shape index (κ3) is 3.42. The van der Waals surface area contributed by atoms with E-state index in [1.165, 1.54) is 48.6 Å². The number of rotatable bonds is 5. The van der Waals surface area contributed by atoms with E-state index in [9.17, 15) is 0 Å². The van der Waals surface area contributed by atoms with Crippen molar-refractivity contribution in [1.29, 1.82) is 0 Å². The van der Waals surface area contributed by atoms with Crippen molar-refractivity contribution in [3.05, 3.63) is 54.0 Å². The molecule has 1 fully saturated rings. The van der Waals surface area contributed by atoms with Crippen molar-refractivity contribution in [2.45, 2.75) is 38.5 Å². The zero-order valence-electron chi connectivity index (χ0n) is 14.0. The third-order valence-electron chi connectivity index (χ3n) is 5.05. The molecule has 3 heterocycles. The standard InChI is InChI=1S/C20H24N4/c1-2-5-15(6-3-1)12-22-19-9-8-16(13-23-19)11-17-14-24-20-18(17)7-4-10-21-20/h4,7-10,13-15H,1-3,5-6,11-12H2,(H,21,24)(H,22,23). The molecular weight excluding hydrogens is 296 g/mol. The lowest BCUT2D eigenvalue weighted by atomic mass is 9.89. The fraction of sp³-hybridized carbons (Fsp3) is 0.400. The molecule has 0 amide bonds. The third-order valence-corrected chi connectivity index (χ3v) is 5.05. The molecule has 4 rings (SSSR count). The Kier molecular flexibility index (Phi) is 4.45. The summed E-state index contributed by atoms with van der Waals surface area (Å²) in [6.07, 6.45) is 13.6. The molecule has 0 atom stereocenters.